The van der Waals surface area contributed by atoms with Crippen molar-refractivity contribution >= 4 is 11.9 Å². The average Bonchev–Trinajstić information content (AvgIpc) is 2.49. The van der Waals surface area contributed by atoms with Crippen molar-refractivity contribution in [1.29, 1.82) is 0 Å². The number of ether oxygens (including phenoxy) is 1. The third-order valence-electron chi connectivity index (χ3n) is 3.65. The summed E-state index contributed by atoms with van der Waals surface area (Å²) in [4.78, 5) is 25.4. The van der Waals surface area contributed by atoms with Gasteiger partial charge >= 0.3 is 5.97 Å². The minimum Gasteiger partial charge on any atom is -0.467 e. The van der Waals surface area contributed by atoms with E-state index in [-0.39, 0.29) is 17.9 Å². The zero-order valence-electron chi connectivity index (χ0n) is 11.8. The predicted octanol–water partition coefficient (Wildman–Crippen LogP) is 2.06. The van der Waals surface area contributed by atoms with Crippen LogP contribution in [0.25, 0.3) is 0 Å². The number of benzene rings is 1. The molecule has 1 fully saturated rings. The van der Waals surface area contributed by atoms with Gasteiger partial charge in [0.15, 0.2) is 0 Å². The zero-order valence-corrected chi connectivity index (χ0v) is 11.8. The van der Waals surface area contributed by atoms with E-state index < -0.39 is 23.6 Å². The Balaban J connectivity index is 2.12. The number of hydrogen-bond acceptors (Lipinski definition) is 3. The molecule has 21 heavy (non-hydrogen) atoms. The highest BCUT2D eigenvalue weighted by atomic mass is 19.1. The van der Waals surface area contributed by atoms with Gasteiger partial charge in [-0.1, -0.05) is 6.07 Å². The topological polar surface area (TPSA) is 46.6 Å². The summed E-state index contributed by atoms with van der Waals surface area (Å²) in [6, 6.07) is 2.50. The van der Waals surface area contributed by atoms with Crippen LogP contribution in [0.4, 0.5) is 8.78 Å². The molecule has 6 heteroatoms. The largest absolute Gasteiger partial charge is 0.467 e. The first kappa shape index (κ1) is 15.4. The molecular formula is C15H17F2NO3. The normalized spacial score (nSPS) is 18.4. The molecule has 2 rings (SSSR count). The number of carbonyl (C=O) groups excluding carboxylic acids is 2. The highest BCUT2D eigenvalue weighted by Crippen LogP contribution is 2.20. The lowest BCUT2D eigenvalue weighted by Gasteiger charge is -2.33. The lowest BCUT2D eigenvalue weighted by atomic mass is 10.0. The fraction of sp³-hybridized carbons (Fsp3) is 0.467. The quantitative estimate of drug-likeness (QED) is 0.802. The van der Waals surface area contributed by atoms with E-state index in [9.17, 15) is 18.4 Å². The molecule has 0 aromatic heterocycles. The van der Waals surface area contributed by atoms with E-state index in [2.05, 4.69) is 0 Å². The molecule has 1 unspecified atom stereocenters. The number of hydrogen-bond donors (Lipinski definition) is 0. The summed E-state index contributed by atoms with van der Waals surface area (Å²) in [5.41, 5.74) is 0.121. The van der Waals surface area contributed by atoms with E-state index in [1.807, 2.05) is 0 Å². The van der Waals surface area contributed by atoms with Gasteiger partial charge in [0.2, 0.25) is 5.91 Å². The number of methoxy groups -OCH3 is 1. The van der Waals surface area contributed by atoms with Crippen LogP contribution in [-0.4, -0.2) is 36.5 Å². The Bertz CT molecular complexity index is 548. The van der Waals surface area contributed by atoms with Crippen molar-refractivity contribution < 1.29 is 23.1 Å². The molecule has 4 nitrogen and oxygen atoms in total. The SMILES string of the molecule is COC(=O)C1CCCCN1C(=O)Cc1ccc(F)cc1F. The zero-order chi connectivity index (χ0) is 15.4. The Morgan fingerprint density at radius 2 is 2.10 bits per heavy atom. The van der Waals surface area contributed by atoms with Crippen LogP contribution in [0.15, 0.2) is 18.2 Å². The van der Waals surface area contributed by atoms with Gasteiger partial charge in [-0.25, -0.2) is 13.6 Å². The Morgan fingerprint density at radius 3 is 2.76 bits per heavy atom. The molecule has 0 aliphatic carbocycles. The van der Waals surface area contributed by atoms with Crippen molar-refractivity contribution in [3.05, 3.63) is 35.4 Å². The van der Waals surface area contributed by atoms with Crippen LogP contribution in [0.3, 0.4) is 0 Å². The van der Waals surface area contributed by atoms with Crippen LogP contribution < -0.4 is 0 Å². The van der Waals surface area contributed by atoms with Gasteiger partial charge in [0.1, 0.15) is 17.7 Å². The molecule has 1 aliphatic rings. The van der Waals surface area contributed by atoms with Gasteiger partial charge in [0, 0.05) is 12.6 Å². The molecule has 1 aromatic rings. The van der Waals surface area contributed by atoms with Crippen LogP contribution in [0, 0.1) is 11.6 Å². The fourth-order valence-corrected chi connectivity index (χ4v) is 2.54. The monoisotopic (exact) mass is 297 g/mol. The van der Waals surface area contributed by atoms with Crippen molar-refractivity contribution in [2.45, 2.75) is 31.7 Å². The Labute approximate surface area is 121 Å². The highest BCUT2D eigenvalue weighted by Gasteiger charge is 2.32. The number of carbonyl (C=O) groups is 2. The first-order chi connectivity index (χ1) is 10.0. The van der Waals surface area contributed by atoms with Gasteiger partial charge in [-0.15, -0.1) is 0 Å². The summed E-state index contributed by atoms with van der Waals surface area (Å²) in [6.45, 7) is 0.446. The standard InChI is InChI=1S/C15H17F2NO3/c1-21-15(20)13-4-2-3-7-18(13)14(19)8-10-5-6-11(16)9-12(10)17/h5-6,9,13H,2-4,7-8H2,1H3. The molecule has 1 atom stereocenters. The molecule has 1 heterocycles. The second kappa shape index (κ2) is 6.65. The number of likely N-dealkylation sites (tertiary alicyclic amines) is 1. The maximum Gasteiger partial charge on any atom is 0.328 e. The lowest BCUT2D eigenvalue weighted by Crippen LogP contribution is -2.49. The van der Waals surface area contributed by atoms with Gasteiger partial charge in [0.05, 0.1) is 13.5 Å². The minimum absolute atomic E-state index is 0.121. The van der Waals surface area contributed by atoms with Gasteiger partial charge in [-0.05, 0) is 30.9 Å². The van der Waals surface area contributed by atoms with E-state index in [1.54, 1.807) is 0 Å². The lowest BCUT2D eigenvalue weighted by molar-refractivity contribution is -0.154. The molecule has 114 valence electrons. The van der Waals surface area contributed by atoms with Crippen LogP contribution in [0.1, 0.15) is 24.8 Å². The number of rotatable bonds is 3. The molecule has 0 radical (unpaired) electrons. The van der Waals surface area contributed by atoms with Gasteiger partial charge in [-0.3, -0.25) is 4.79 Å². The van der Waals surface area contributed by atoms with Crippen molar-refractivity contribution in [3.63, 3.8) is 0 Å². The summed E-state index contributed by atoms with van der Waals surface area (Å²) in [7, 11) is 1.28. The smallest absolute Gasteiger partial charge is 0.328 e. The van der Waals surface area contributed by atoms with Crippen molar-refractivity contribution in [1.82, 2.24) is 4.90 Å². The van der Waals surface area contributed by atoms with Gasteiger partial charge < -0.3 is 9.64 Å². The number of nitrogens with zero attached hydrogens (tertiary/aromatic N) is 1. The second-order valence-corrected chi connectivity index (χ2v) is 5.03. The van der Waals surface area contributed by atoms with Crippen molar-refractivity contribution in [2.24, 2.45) is 0 Å². The van der Waals surface area contributed by atoms with Crippen molar-refractivity contribution in [2.75, 3.05) is 13.7 Å². The molecule has 1 aliphatic heterocycles. The third-order valence-corrected chi connectivity index (χ3v) is 3.65. The molecule has 0 N–H and O–H groups in total. The van der Waals surface area contributed by atoms with Crippen molar-refractivity contribution in [3.8, 4) is 0 Å². The van der Waals surface area contributed by atoms with Crippen LogP contribution >= 0.6 is 0 Å². The Kier molecular flexibility index (Phi) is 4.88. The molecule has 0 bridgehead atoms. The molecular weight excluding hydrogens is 280 g/mol. The molecule has 0 spiro atoms. The summed E-state index contributed by atoms with van der Waals surface area (Å²) < 4.78 is 31.2. The van der Waals surface area contributed by atoms with E-state index in [0.29, 0.717) is 13.0 Å². The second-order valence-electron chi connectivity index (χ2n) is 5.03. The predicted molar refractivity (Wildman–Crippen MR) is 71.4 cm³/mol. The summed E-state index contributed by atoms with van der Waals surface area (Å²) >= 11 is 0. The highest BCUT2D eigenvalue weighted by molar-refractivity contribution is 5.86. The summed E-state index contributed by atoms with van der Waals surface area (Å²) in [6.07, 6.45) is 1.99. The fourth-order valence-electron chi connectivity index (χ4n) is 2.54. The Hall–Kier alpha value is -1.98. The van der Waals surface area contributed by atoms with Crippen LogP contribution in [-0.2, 0) is 20.7 Å². The molecule has 1 amide bonds. The van der Waals surface area contributed by atoms with E-state index in [1.165, 1.54) is 18.1 Å². The van der Waals surface area contributed by atoms with E-state index in [0.717, 1.165) is 25.0 Å². The van der Waals surface area contributed by atoms with Gasteiger partial charge in [0.25, 0.3) is 0 Å². The number of piperidine rings is 1. The van der Waals surface area contributed by atoms with Gasteiger partial charge in [-0.2, -0.15) is 0 Å². The number of halogens is 2. The summed E-state index contributed by atoms with van der Waals surface area (Å²) in [5, 5.41) is 0. The molecule has 1 aromatic carbocycles. The first-order valence-electron chi connectivity index (χ1n) is 6.84. The maximum atomic E-state index is 13.6. The minimum atomic E-state index is -0.755. The molecule has 1 saturated heterocycles. The first-order valence-corrected chi connectivity index (χ1v) is 6.84. The van der Waals surface area contributed by atoms with Crippen LogP contribution in [0.2, 0.25) is 0 Å². The van der Waals surface area contributed by atoms with E-state index >= 15 is 0 Å². The summed E-state index contributed by atoms with van der Waals surface area (Å²) in [5.74, 6) is -2.25. The average molecular weight is 297 g/mol. The number of amides is 1. The number of esters is 1. The van der Waals surface area contributed by atoms with Crippen LogP contribution in [0.5, 0.6) is 0 Å². The molecule has 0 saturated carbocycles. The third kappa shape index (κ3) is 3.56. The van der Waals surface area contributed by atoms with E-state index in [4.69, 9.17) is 4.74 Å². The maximum absolute atomic E-state index is 13.6. The Morgan fingerprint density at radius 1 is 1.33 bits per heavy atom.